The molecule has 0 saturated carbocycles. The van der Waals surface area contributed by atoms with Crippen LogP contribution in [0.2, 0.25) is 0 Å². The number of piperidine rings is 1. The van der Waals surface area contributed by atoms with Crippen molar-refractivity contribution in [3.8, 4) is 0 Å². The molecule has 1 aromatic carbocycles. The SMILES string of the molecule is CCCS(=O)(=O)NC1CCN(C(=O)c2cc(C)n(C(C)c3ccccc3)c2C)CC1. The number of carbonyl (C=O) groups excluding carboxylic acids is 1. The number of likely N-dealkylation sites (tertiary alicyclic amines) is 1. The van der Waals surface area contributed by atoms with Crippen LogP contribution < -0.4 is 4.72 Å². The number of aryl methyl sites for hydroxylation is 1. The molecule has 0 spiro atoms. The lowest BCUT2D eigenvalue weighted by atomic mass is 10.0. The van der Waals surface area contributed by atoms with Crippen LogP contribution in [0.15, 0.2) is 36.4 Å². The maximum absolute atomic E-state index is 13.2. The van der Waals surface area contributed by atoms with E-state index in [9.17, 15) is 13.2 Å². The molecule has 0 bridgehead atoms. The van der Waals surface area contributed by atoms with E-state index in [1.54, 1.807) is 0 Å². The smallest absolute Gasteiger partial charge is 0.255 e. The van der Waals surface area contributed by atoms with E-state index in [1.807, 2.05) is 49.9 Å². The van der Waals surface area contributed by atoms with Crippen LogP contribution in [-0.4, -0.2) is 48.7 Å². The average Bonchev–Trinajstić information content (AvgIpc) is 3.01. The molecule has 3 rings (SSSR count). The summed E-state index contributed by atoms with van der Waals surface area (Å²) < 4.78 is 29.0. The number of benzene rings is 1. The predicted molar refractivity (Wildman–Crippen MR) is 120 cm³/mol. The number of carbonyl (C=O) groups is 1. The van der Waals surface area contributed by atoms with Crippen LogP contribution in [0.25, 0.3) is 0 Å². The third-order valence-corrected chi connectivity index (χ3v) is 7.62. The molecular weight excluding hydrogens is 398 g/mol. The summed E-state index contributed by atoms with van der Waals surface area (Å²) in [6.45, 7) is 9.18. The lowest BCUT2D eigenvalue weighted by molar-refractivity contribution is 0.0710. The van der Waals surface area contributed by atoms with Gasteiger partial charge in [0, 0.05) is 30.5 Å². The molecule has 1 saturated heterocycles. The zero-order valence-corrected chi connectivity index (χ0v) is 19.2. The summed E-state index contributed by atoms with van der Waals surface area (Å²) in [5.41, 5.74) is 3.98. The molecular formula is C23H33N3O3S. The Morgan fingerprint density at radius 2 is 1.80 bits per heavy atom. The Kier molecular flexibility index (Phi) is 7.03. The van der Waals surface area contributed by atoms with Crippen LogP contribution >= 0.6 is 0 Å². The molecule has 1 fully saturated rings. The van der Waals surface area contributed by atoms with E-state index in [1.165, 1.54) is 5.56 Å². The average molecular weight is 432 g/mol. The van der Waals surface area contributed by atoms with Crippen LogP contribution in [0.5, 0.6) is 0 Å². The second-order valence-electron chi connectivity index (χ2n) is 8.24. The monoisotopic (exact) mass is 431 g/mol. The maximum Gasteiger partial charge on any atom is 0.255 e. The van der Waals surface area contributed by atoms with Crippen molar-refractivity contribution in [3.63, 3.8) is 0 Å². The van der Waals surface area contributed by atoms with Crippen LogP contribution in [-0.2, 0) is 10.0 Å². The maximum atomic E-state index is 13.2. The highest BCUT2D eigenvalue weighted by atomic mass is 32.2. The summed E-state index contributed by atoms with van der Waals surface area (Å²) >= 11 is 0. The van der Waals surface area contributed by atoms with E-state index in [-0.39, 0.29) is 23.7 Å². The van der Waals surface area contributed by atoms with Gasteiger partial charge in [-0.15, -0.1) is 0 Å². The van der Waals surface area contributed by atoms with Gasteiger partial charge < -0.3 is 9.47 Å². The van der Waals surface area contributed by atoms with E-state index in [0.29, 0.717) is 32.4 Å². The third kappa shape index (κ3) is 4.95. The van der Waals surface area contributed by atoms with E-state index in [2.05, 4.69) is 28.3 Å². The minimum absolute atomic E-state index is 0.0319. The fraction of sp³-hybridized carbons (Fsp3) is 0.522. The predicted octanol–water partition coefficient (Wildman–Crippen LogP) is 3.65. The lowest BCUT2D eigenvalue weighted by Crippen LogP contribution is -2.47. The standard InChI is InChI=1S/C23H33N3O3S/c1-5-15-30(28,29)24-21-11-13-25(14-12-21)23(27)22-16-17(2)26(19(22)4)18(3)20-9-7-6-8-10-20/h6-10,16,18,21,24H,5,11-15H2,1-4H3. The molecule has 0 aliphatic carbocycles. The Bertz CT molecular complexity index is 975. The van der Waals surface area contributed by atoms with Crippen molar-refractivity contribution >= 4 is 15.9 Å². The molecule has 1 atom stereocenters. The van der Waals surface area contributed by atoms with Gasteiger partial charge in [0.25, 0.3) is 5.91 Å². The van der Waals surface area contributed by atoms with Crippen LogP contribution in [0.1, 0.15) is 66.5 Å². The second-order valence-corrected chi connectivity index (χ2v) is 10.1. The number of rotatable bonds is 7. The van der Waals surface area contributed by atoms with Crippen molar-refractivity contribution in [2.75, 3.05) is 18.8 Å². The zero-order valence-electron chi connectivity index (χ0n) is 18.4. The number of aromatic nitrogens is 1. The summed E-state index contributed by atoms with van der Waals surface area (Å²) in [5.74, 6) is 0.182. The lowest BCUT2D eigenvalue weighted by Gasteiger charge is -2.32. The Labute approximate surface area is 180 Å². The van der Waals surface area contributed by atoms with E-state index < -0.39 is 10.0 Å². The first kappa shape index (κ1) is 22.6. The van der Waals surface area contributed by atoms with E-state index >= 15 is 0 Å². The number of sulfonamides is 1. The van der Waals surface area contributed by atoms with Gasteiger partial charge in [-0.3, -0.25) is 4.79 Å². The summed E-state index contributed by atoms with van der Waals surface area (Å²) in [7, 11) is -3.22. The Morgan fingerprint density at radius 3 is 2.40 bits per heavy atom. The number of nitrogens with zero attached hydrogens (tertiary/aromatic N) is 2. The molecule has 1 N–H and O–H groups in total. The highest BCUT2D eigenvalue weighted by Crippen LogP contribution is 2.27. The topological polar surface area (TPSA) is 71.4 Å². The van der Waals surface area contributed by atoms with Crippen LogP contribution in [0.4, 0.5) is 0 Å². The van der Waals surface area contributed by atoms with Crippen molar-refractivity contribution in [1.82, 2.24) is 14.2 Å². The molecule has 0 radical (unpaired) electrons. The Balaban J connectivity index is 1.70. The number of amides is 1. The number of nitrogens with one attached hydrogen (secondary N) is 1. The van der Waals surface area contributed by atoms with Gasteiger partial charge in [-0.2, -0.15) is 0 Å². The minimum atomic E-state index is -3.22. The largest absolute Gasteiger partial charge is 0.341 e. The summed E-state index contributed by atoms with van der Waals surface area (Å²) in [5, 5.41) is 0. The first-order chi connectivity index (χ1) is 14.2. The van der Waals surface area contributed by atoms with Crippen LogP contribution in [0, 0.1) is 13.8 Å². The molecule has 30 heavy (non-hydrogen) atoms. The van der Waals surface area contributed by atoms with Gasteiger partial charge in [-0.1, -0.05) is 37.3 Å². The highest BCUT2D eigenvalue weighted by Gasteiger charge is 2.28. The van der Waals surface area contributed by atoms with Gasteiger partial charge in [-0.05, 0) is 51.7 Å². The van der Waals surface area contributed by atoms with Gasteiger partial charge in [0.2, 0.25) is 10.0 Å². The van der Waals surface area contributed by atoms with E-state index in [0.717, 1.165) is 17.0 Å². The van der Waals surface area contributed by atoms with Crippen molar-refractivity contribution in [1.29, 1.82) is 0 Å². The molecule has 164 valence electrons. The highest BCUT2D eigenvalue weighted by molar-refractivity contribution is 7.89. The summed E-state index contributed by atoms with van der Waals surface area (Å²) in [4.78, 5) is 15.1. The van der Waals surface area contributed by atoms with Crippen molar-refractivity contribution in [2.24, 2.45) is 0 Å². The van der Waals surface area contributed by atoms with Gasteiger partial charge in [-0.25, -0.2) is 13.1 Å². The molecule has 7 heteroatoms. The summed E-state index contributed by atoms with van der Waals surface area (Å²) in [6, 6.07) is 12.3. The number of hydrogen-bond acceptors (Lipinski definition) is 3. The molecule has 1 aliphatic heterocycles. The third-order valence-electron chi connectivity index (χ3n) is 5.99. The Hall–Kier alpha value is -2.12. The number of hydrogen-bond donors (Lipinski definition) is 1. The quantitative estimate of drug-likeness (QED) is 0.727. The molecule has 2 heterocycles. The molecule has 2 aromatic rings. The van der Waals surface area contributed by atoms with Crippen molar-refractivity contribution < 1.29 is 13.2 Å². The summed E-state index contributed by atoms with van der Waals surface area (Å²) in [6.07, 6.45) is 1.89. The Morgan fingerprint density at radius 1 is 1.17 bits per heavy atom. The molecule has 1 aliphatic rings. The molecule has 6 nitrogen and oxygen atoms in total. The molecule has 1 aromatic heterocycles. The normalized spacial score (nSPS) is 16.6. The first-order valence-corrected chi connectivity index (χ1v) is 12.4. The fourth-order valence-corrected chi connectivity index (χ4v) is 5.82. The molecule has 1 amide bonds. The second kappa shape index (κ2) is 9.35. The zero-order chi connectivity index (χ0) is 21.9. The fourth-order valence-electron chi connectivity index (χ4n) is 4.42. The minimum Gasteiger partial charge on any atom is -0.341 e. The van der Waals surface area contributed by atoms with Crippen molar-refractivity contribution in [3.05, 3.63) is 58.9 Å². The van der Waals surface area contributed by atoms with Gasteiger partial charge in [0.05, 0.1) is 17.4 Å². The van der Waals surface area contributed by atoms with Gasteiger partial charge >= 0.3 is 0 Å². The van der Waals surface area contributed by atoms with Gasteiger partial charge in [0.15, 0.2) is 0 Å². The molecule has 1 unspecified atom stereocenters. The van der Waals surface area contributed by atoms with Crippen molar-refractivity contribution in [2.45, 2.75) is 59.0 Å². The first-order valence-electron chi connectivity index (χ1n) is 10.8. The van der Waals surface area contributed by atoms with Gasteiger partial charge in [0.1, 0.15) is 0 Å². The van der Waals surface area contributed by atoms with E-state index in [4.69, 9.17) is 0 Å². The van der Waals surface area contributed by atoms with Crippen LogP contribution in [0.3, 0.4) is 0 Å².